The first-order valence-electron chi connectivity index (χ1n) is 4.50. The lowest BCUT2D eigenvalue weighted by Gasteiger charge is -2.17. The van der Waals surface area contributed by atoms with Crippen molar-refractivity contribution in [1.29, 1.82) is 5.26 Å². The first kappa shape index (κ1) is 12.2. The molecule has 0 aromatic heterocycles. The lowest BCUT2D eigenvalue weighted by Crippen LogP contribution is -2.19. The van der Waals surface area contributed by atoms with Gasteiger partial charge in [0.2, 0.25) is 0 Å². The van der Waals surface area contributed by atoms with Gasteiger partial charge in [-0.1, -0.05) is 11.6 Å². The van der Waals surface area contributed by atoms with Gasteiger partial charge in [0.25, 0.3) is 0 Å². The van der Waals surface area contributed by atoms with Gasteiger partial charge in [0.05, 0.1) is 16.3 Å². The van der Waals surface area contributed by atoms with Crippen LogP contribution in [0.4, 0.5) is 0 Å². The molecule has 1 aromatic carbocycles. The molecule has 1 atom stereocenters. The van der Waals surface area contributed by atoms with Crippen molar-refractivity contribution in [1.82, 2.24) is 0 Å². The number of hydrogen-bond donors (Lipinski definition) is 1. The van der Waals surface area contributed by atoms with E-state index in [4.69, 9.17) is 16.9 Å². The number of rotatable bonds is 1. The molecule has 0 heterocycles. The molecule has 2 nitrogen and oxygen atoms in total. The fourth-order valence-corrected chi connectivity index (χ4v) is 2.30. The summed E-state index contributed by atoms with van der Waals surface area (Å²) in [7, 11) is 3.37. The average Bonchev–Trinajstić information content (AvgIpc) is 2.23. The Balaban J connectivity index is 3.61. The van der Waals surface area contributed by atoms with Crippen LogP contribution in [0.2, 0.25) is 5.02 Å². The van der Waals surface area contributed by atoms with Crippen LogP contribution in [0, 0.1) is 32.1 Å². The molecule has 3 radical (unpaired) electrons. The summed E-state index contributed by atoms with van der Waals surface area (Å²) in [5.41, 5.74) is 3.43. The Hall–Kier alpha value is -0.823. The summed E-state index contributed by atoms with van der Waals surface area (Å²) in [5, 5.41) is 19.5. The molecule has 0 aliphatic carbocycles. The van der Waals surface area contributed by atoms with Gasteiger partial charge >= 0.3 is 0 Å². The second kappa shape index (κ2) is 4.36. The van der Waals surface area contributed by atoms with Gasteiger partial charge in [0.1, 0.15) is 0 Å². The van der Waals surface area contributed by atoms with E-state index in [-0.39, 0.29) is 0 Å². The predicted octanol–water partition coefficient (Wildman–Crippen LogP) is 1.62. The largest absolute Gasteiger partial charge is 0.374 e. The minimum atomic E-state index is -1.14. The number of nitrogens with zero attached hydrogens (tertiary/aromatic N) is 1. The Labute approximate surface area is 97.9 Å². The van der Waals surface area contributed by atoms with Crippen molar-refractivity contribution in [3.63, 3.8) is 0 Å². The van der Waals surface area contributed by atoms with Crippen LogP contribution in [0.5, 0.6) is 0 Å². The molecule has 0 saturated heterocycles. The number of hydrogen-bond acceptors (Lipinski definition) is 2. The highest BCUT2D eigenvalue weighted by molar-refractivity contribution is 6.46. The molecule has 1 unspecified atom stereocenters. The van der Waals surface area contributed by atoms with Crippen LogP contribution in [0.25, 0.3) is 0 Å². The molecule has 0 aliphatic rings. The molecule has 0 amide bonds. The smallest absolute Gasteiger partial charge is 0.166 e. The van der Waals surface area contributed by atoms with E-state index in [0.29, 0.717) is 15.8 Å². The van der Waals surface area contributed by atoms with Gasteiger partial charge in [-0.25, -0.2) is 0 Å². The molecule has 1 N–H and O–H groups in total. The predicted molar refractivity (Wildman–Crippen MR) is 61.6 cm³/mol. The third-order valence-corrected chi connectivity index (χ3v) is 3.89. The monoisotopic (exact) mass is 236 g/mol. The van der Waals surface area contributed by atoms with Crippen LogP contribution in [0.15, 0.2) is 0 Å². The molecule has 0 spiro atoms. The summed E-state index contributed by atoms with van der Waals surface area (Å²) < 4.78 is 0. The Kier molecular flexibility index (Phi) is 3.56. The highest BCUT2D eigenvalue weighted by atomic mass is 35.5. The van der Waals surface area contributed by atoms with Crippen molar-refractivity contribution in [3.8, 4) is 6.07 Å². The first-order chi connectivity index (χ1) is 6.91. The summed E-state index contributed by atoms with van der Waals surface area (Å²) in [6.45, 7) is 5.71. The van der Waals surface area contributed by atoms with Gasteiger partial charge in [0.15, 0.2) is 6.10 Å². The van der Waals surface area contributed by atoms with Crippen LogP contribution in [-0.4, -0.2) is 15.3 Å². The molecule has 77 valence electrons. The van der Waals surface area contributed by atoms with Gasteiger partial charge in [-0.15, -0.1) is 0 Å². The number of aliphatic hydroxyl groups is 1. The van der Waals surface area contributed by atoms with Gasteiger partial charge in [0, 0.05) is 5.02 Å². The third kappa shape index (κ3) is 1.93. The maximum absolute atomic E-state index is 9.58. The zero-order chi connectivity index (χ0) is 11.7. The molecule has 15 heavy (non-hydrogen) atoms. The van der Waals surface area contributed by atoms with Gasteiger partial charge in [-0.3, -0.25) is 0 Å². The van der Waals surface area contributed by atoms with Crippen LogP contribution in [0.3, 0.4) is 0 Å². The minimum absolute atomic E-state index is 0.555. The van der Waals surface area contributed by atoms with Crippen LogP contribution in [0.1, 0.15) is 28.4 Å². The Morgan fingerprint density at radius 1 is 1.27 bits per heavy atom. The minimum Gasteiger partial charge on any atom is -0.374 e. The van der Waals surface area contributed by atoms with E-state index in [0.717, 1.165) is 16.7 Å². The van der Waals surface area contributed by atoms with Gasteiger partial charge < -0.3 is 5.11 Å². The van der Waals surface area contributed by atoms with Crippen molar-refractivity contribution in [2.24, 2.45) is 0 Å². The Morgan fingerprint density at radius 2 is 1.80 bits per heavy atom. The summed E-state index contributed by atoms with van der Waals surface area (Å²) in [4.78, 5) is 0. The van der Waals surface area contributed by atoms with Crippen LogP contribution < -0.4 is 5.19 Å². The normalized spacial score (nSPS) is 12.3. The van der Waals surface area contributed by atoms with Crippen molar-refractivity contribution in [2.75, 3.05) is 0 Å². The van der Waals surface area contributed by atoms with Crippen LogP contribution in [-0.2, 0) is 0 Å². The fourth-order valence-electron chi connectivity index (χ4n) is 1.55. The first-order valence-corrected chi connectivity index (χ1v) is 5.38. The third-order valence-electron chi connectivity index (χ3n) is 2.74. The van der Waals surface area contributed by atoms with Gasteiger partial charge in [-0.2, -0.15) is 5.26 Å². The average molecular weight is 237 g/mol. The maximum Gasteiger partial charge on any atom is 0.166 e. The highest BCUT2D eigenvalue weighted by Crippen LogP contribution is 2.26. The van der Waals surface area contributed by atoms with E-state index < -0.39 is 6.10 Å². The zero-order valence-electron chi connectivity index (χ0n) is 8.85. The molecular weight excluding hydrogens is 226 g/mol. The number of aliphatic hydroxyl groups excluding tert-OH is 1. The van der Waals surface area contributed by atoms with E-state index in [1.807, 2.05) is 20.8 Å². The molecule has 0 bridgehead atoms. The number of nitriles is 1. The number of benzene rings is 1. The summed E-state index contributed by atoms with van der Waals surface area (Å²) >= 11 is 6.09. The summed E-state index contributed by atoms with van der Waals surface area (Å²) in [6, 6.07) is 1.80. The standard InChI is InChI=1S/C11H11ClNOSi/c1-5-6(2)9(8(14)4-13)11(15)10(12)7(5)3/h8,14H,1-3H3. The van der Waals surface area contributed by atoms with E-state index in [9.17, 15) is 5.11 Å². The molecule has 1 rings (SSSR count). The fraction of sp³-hybridized carbons (Fsp3) is 0.364. The van der Waals surface area contributed by atoms with E-state index in [1.54, 1.807) is 6.07 Å². The summed E-state index contributed by atoms with van der Waals surface area (Å²) in [6.07, 6.45) is -1.14. The Morgan fingerprint density at radius 3 is 2.27 bits per heavy atom. The summed E-state index contributed by atoms with van der Waals surface area (Å²) in [5.74, 6) is 0. The molecule has 0 saturated carbocycles. The highest BCUT2D eigenvalue weighted by Gasteiger charge is 2.18. The van der Waals surface area contributed by atoms with Crippen molar-refractivity contribution >= 4 is 27.0 Å². The van der Waals surface area contributed by atoms with Crippen LogP contribution >= 0.6 is 11.6 Å². The Bertz CT molecular complexity index is 422. The maximum atomic E-state index is 9.58. The second-order valence-electron chi connectivity index (χ2n) is 3.51. The van der Waals surface area contributed by atoms with Crippen molar-refractivity contribution < 1.29 is 5.11 Å². The molecular formula is C11H11ClNOSi. The second-order valence-corrected chi connectivity index (χ2v) is 4.39. The van der Waals surface area contributed by atoms with Gasteiger partial charge in [-0.05, 0) is 48.2 Å². The lowest BCUT2D eigenvalue weighted by atomic mass is 9.95. The van der Waals surface area contributed by atoms with E-state index >= 15 is 0 Å². The zero-order valence-corrected chi connectivity index (χ0v) is 10.6. The van der Waals surface area contributed by atoms with Crippen molar-refractivity contribution in [3.05, 3.63) is 27.3 Å². The topological polar surface area (TPSA) is 44.0 Å². The lowest BCUT2D eigenvalue weighted by molar-refractivity contribution is 0.236. The quantitative estimate of drug-likeness (QED) is 0.595. The molecule has 0 aliphatic heterocycles. The molecule has 0 fully saturated rings. The number of halogens is 1. The SMILES string of the molecule is Cc1c(C)c(Cl)c([Si])c(C(O)C#N)c1C. The van der Waals surface area contributed by atoms with E-state index in [2.05, 4.69) is 10.2 Å². The molecule has 4 heteroatoms. The molecule has 1 aromatic rings. The van der Waals surface area contributed by atoms with E-state index in [1.165, 1.54) is 0 Å². The van der Waals surface area contributed by atoms with Crippen molar-refractivity contribution in [2.45, 2.75) is 26.9 Å².